The molecule has 19 heavy (non-hydrogen) atoms. The van der Waals surface area contributed by atoms with Gasteiger partial charge in [0.25, 0.3) is 0 Å². The second kappa shape index (κ2) is 5.33. The number of carbonyl (C=O) groups excluding carboxylic acids is 1. The van der Waals surface area contributed by atoms with E-state index < -0.39 is 0 Å². The number of ether oxygens (including phenoxy) is 1. The Bertz CT molecular complexity index is 437. The van der Waals surface area contributed by atoms with Crippen molar-refractivity contribution in [3.05, 3.63) is 35.9 Å². The van der Waals surface area contributed by atoms with E-state index in [1.165, 1.54) is 25.7 Å². The van der Waals surface area contributed by atoms with Gasteiger partial charge in [0.05, 0.1) is 0 Å². The normalized spacial score (nSPS) is 24.7. The first-order valence-electron chi connectivity index (χ1n) is 7.21. The summed E-state index contributed by atoms with van der Waals surface area (Å²) >= 11 is 0. The van der Waals surface area contributed by atoms with Gasteiger partial charge in [-0.1, -0.05) is 43.2 Å². The fraction of sp³-hybridized carbons (Fsp3) is 0.562. The van der Waals surface area contributed by atoms with Gasteiger partial charge in [0.15, 0.2) is 0 Å². The van der Waals surface area contributed by atoms with E-state index in [2.05, 4.69) is 5.32 Å². The Balaban J connectivity index is 1.51. The topological polar surface area (TPSA) is 38.3 Å². The van der Waals surface area contributed by atoms with Crippen molar-refractivity contribution in [2.24, 2.45) is 5.41 Å². The lowest BCUT2D eigenvalue weighted by atomic mass is 9.84. The van der Waals surface area contributed by atoms with Crippen LogP contribution >= 0.6 is 0 Å². The highest BCUT2D eigenvalue weighted by Gasteiger charge is 2.43. The second-order valence-corrected chi connectivity index (χ2v) is 5.94. The molecule has 0 bridgehead atoms. The predicted molar refractivity (Wildman–Crippen MR) is 73.5 cm³/mol. The van der Waals surface area contributed by atoms with Crippen LogP contribution in [0.5, 0.6) is 0 Å². The maximum atomic E-state index is 12.1. The zero-order valence-electron chi connectivity index (χ0n) is 11.2. The molecule has 0 amide bonds. The van der Waals surface area contributed by atoms with Crippen LogP contribution in [0.1, 0.15) is 37.7 Å². The molecule has 1 aliphatic heterocycles. The highest BCUT2D eigenvalue weighted by Crippen LogP contribution is 2.44. The maximum absolute atomic E-state index is 12.1. The van der Waals surface area contributed by atoms with Gasteiger partial charge in [0, 0.05) is 6.54 Å². The van der Waals surface area contributed by atoms with Crippen LogP contribution in [0.15, 0.2) is 30.3 Å². The fourth-order valence-electron chi connectivity index (χ4n) is 3.42. The van der Waals surface area contributed by atoms with E-state index in [0.717, 1.165) is 18.5 Å². The average Bonchev–Trinajstić information content (AvgIpc) is 3.08. The Morgan fingerprint density at radius 2 is 2.00 bits per heavy atom. The number of carbonyl (C=O) groups is 1. The first kappa shape index (κ1) is 12.7. The molecule has 1 saturated heterocycles. The summed E-state index contributed by atoms with van der Waals surface area (Å²) in [6.07, 6.45) is 6.12. The van der Waals surface area contributed by atoms with Gasteiger partial charge in [-0.25, -0.2) is 0 Å². The molecule has 1 atom stereocenters. The molecule has 1 aliphatic carbocycles. The number of rotatable bonds is 3. The lowest BCUT2D eigenvalue weighted by Gasteiger charge is -2.20. The van der Waals surface area contributed by atoms with Gasteiger partial charge in [-0.3, -0.25) is 4.79 Å². The third-order valence-electron chi connectivity index (χ3n) is 4.53. The highest BCUT2D eigenvalue weighted by molar-refractivity contribution is 5.76. The maximum Gasteiger partial charge on any atom is 0.323 e. The lowest BCUT2D eigenvalue weighted by Crippen LogP contribution is -2.32. The van der Waals surface area contributed by atoms with E-state index in [4.69, 9.17) is 4.74 Å². The molecule has 3 heteroatoms. The van der Waals surface area contributed by atoms with Crippen LogP contribution in [0.3, 0.4) is 0 Å². The van der Waals surface area contributed by atoms with E-state index in [1.54, 1.807) is 0 Å². The van der Waals surface area contributed by atoms with Crippen LogP contribution in [0.25, 0.3) is 0 Å². The van der Waals surface area contributed by atoms with Crippen LogP contribution in [-0.4, -0.2) is 18.6 Å². The molecule has 1 aromatic carbocycles. The molecule has 3 nitrogen and oxygen atoms in total. The van der Waals surface area contributed by atoms with Crippen LogP contribution in [0.4, 0.5) is 0 Å². The van der Waals surface area contributed by atoms with E-state index in [9.17, 15) is 4.79 Å². The summed E-state index contributed by atoms with van der Waals surface area (Å²) in [4.78, 5) is 12.1. The summed E-state index contributed by atoms with van der Waals surface area (Å²) in [5.74, 6) is -0.0902. The number of hydrogen-bond acceptors (Lipinski definition) is 3. The van der Waals surface area contributed by atoms with Crippen molar-refractivity contribution >= 4 is 5.97 Å². The molecule has 102 valence electrons. The van der Waals surface area contributed by atoms with Gasteiger partial charge in [0.1, 0.15) is 12.6 Å². The summed E-state index contributed by atoms with van der Waals surface area (Å²) in [7, 11) is 0. The Morgan fingerprint density at radius 1 is 1.26 bits per heavy atom. The molecule has 1 aromatic rings. The van der Waals surface area contributed by atoms with Crippen molar-refractivity contribution in [1.29, 1.82) is 0 Å². The average molecular weight is 259 g/mol. The van der Waals surface area contributed by atoms with Crippen LogP contribution in [0.2, 0.25) is 0 Å². The largest absolute Gasteiger partial charge is 0.460 e. The van der Waals surface area contributed by atoms with Crippen LogP contribution in [0, 0.1) is 5.41 Å². The summed E-state index contributed by atoms with van der Waals surface area (Å²) in [6.45, 7) is 1.36. The molecule has 1 heterocycles. The number of nitrogens with one attached hydrogen (secondary N) is 1. The first-order chi connectivity index (χ1) is 9.27. The third-order valence-corrected chi connectivity index (χ3v) is 4.53. The third kappa shape index (κ3) is 2.81. The van der Waals surface area contributed by atoms with Gasteiger partial charge in [-0.05, 0) is 30.2 Å². The zero-order chi connectivity index (χ0) is 13.1. The Kier molecular flexibility index (Phi) is 3.56. The van der Waals surface area contributed by atoms with Crippen molar-refractivity contribution in [2.45, 2.75) is 44.8 Å². The van der Waals surface area contributed by atoms with Crippen molar-refractivity contribution in [2.75, 3.05) is 6.54 Å². The second-order valence-electron chi connectivity index (χ2n) is 5.94. The van der Waals surface area contributed by atoms with Crippen molar-refractivity contribution < 1.29 is 9.53 Å². The summed E-state index contributed by atoms with van der Waals surface area (Å²) in [6, 6.07) is 9.76. The minimum absolute atomic E-state index is 0.0902. The molecule has 0 radical (unpaired) electrons. The monoisotopic (exact) mass is 259 g/mol. The number of hydrogen-bond donors (Lipinski definition) is 1. The summed E-state index contributed by atoms with van der Waals surface area (Å²) in [5, 5.41) is 3.35. The minimum Gasteiger partial charge on any atom is -0.460 e. The SMILES string of the molecule is O=C(OCc1ccccc1)C1CC2(CCCC2)CN1. The molecule has 1 unspecified atom stereocenters. The number of esters is 1. The molecule has 2 aliphatic rings. The van der Waals surface area contributed by atoms with Crippen LogP contribution in [-0.2, 0) is 16.1 Å². The molecule has 0 aromatic heterocycles. The van der Waals surface area contributed by atoms with E-state index in [1.807, 2.05) is 30.3 Å². The summed E-state index contributed by atoms with van der Waals surface area (Å²) < 4.78 is 5.41. The number of benzene rings is 1. The van der Waals surface area contributed by atoms with Gasteiger partial charge >= 0.3 is 5.97 Å². The quantitative estimate of drug-likeness (QED) is 0.848. The van der Waals surface area contributed by atoms with Gasteiger partial charge < -0.3 is 10.1 Å². The van der Waals surface area contributed by atoms with E-state index in [-0.39, 0.29) is 12.0 Å². The van der Waals surface area contributed by atoms with Crippen LogP contribution < -0.4 is 5.32 Å². The zero-order valence-corrected chi connectivity index (χ0v) is 11.2. The smallest absolute Gasteiger partial charge is 0.323 e. The minimum atomic E-state index is -0.0955. The lowest BCUT2D eigenvalue weighted by molar-refractivity contribution is -0.147. The Labute approximate surface area is 114 Å². The molecule has 1 spiro atoms. The Morgan fingerprint density at radius 3 is 2.74 bits per heavy atom. The van der Waals surface area contributed by atoms with Crippen molar-refractivity contribution in [3.8, 4) is 0 Å². The van der Waals surface area contributed by atoms with Crippen molar-refractivity contribution in [1.82, 2.24) is 5.32 Å². The standard InChI is InChI=1S/C16H21NO2/c18-15(19-11-13-6-2-1-3-7-13)14-10-16(12-17-14)8-4-5-9-16/h1-3,6-7,14,17H,4-5,8-12H2. The van der Waals surface area contributed by atoms with Gasteiger partial charge in [-0.15, -0.1) is 0 Å². The molecular weight excluding hydrogens is 238 g/mol. The predicted octanol–water partition coefficient (Wildman–Crippen LogP) is 2.65. The fourth-order valence-corrected chi connectivity index (χ4v) is 3.42. The highest BCUT2D eigenvalue weighted by atomic mass is 16.5. The summed E-state index contributed by atoms with van der Waals surface area (Å²) in [5.41, 5.74) is 1.43. The molecule has 1 N–H and O–H groups in total. The van der Waals surface area contributed by atoms with Gasteiger partial charge in [0.2, 0.25) is 0 Å². The molecule has 3 rings (SSSR count). The first-order valence-corrected chi connectivity index (χ1v) is 7.21. The Hall–Kier alpha value is -1.35. The van der Waals surface area contributed by atoms with Crippen molar-refractivity contribution in [3.63, 3.8) is 0 Å². The van der Waals surface area contributed by atoms with E-state index >= 15 is 0 Å². The van der Waals surface area contributed by atoms with E-state index in [0.29, 0.717) is 12.0 Å². The molecule has 1 saturated carbocycles. The van der Waals surface area contributed by atoms with Gasteiger partial charge in [-0.2, -0.15) is 0 Å². The molecular formula is C16H21NO2. The molecule has 2 fully saturated rings.